The molecule has 1 unspecified atom stereocenters. The summed E-state index contributed by atoms with van der Waals surface area (Å²) in [5.41, 5.74) is 2.15. The summed E-state index contributed by atoms with van der Waals surface area (Å²) >= 11 is 0. The van der Waals surface area contributed by atoms with Crippen LogP contribution in [0.3, 0.4) is 0 Å². The molecule has 0 radical (unpaired) electrons. The molecule has 0 heterocycles. The molecule has 0 amide bonds. The fraction of sp³-hybridized carbons (Fsp3) is 0.250. The summed E-state index contributed by atoms with van der Waals surface area (Å²) in [6, 6.07) is 10.3. The summed E-state index contributed by atoms with van der Waals surface area (Å²) in [6.07, 6.45) is -0.526. The monoisotopic (exact) mass is 287 g/mol. The smallest absolute Gasteiger partial charge is 0.272 e. The molecule has 2 aromatic rings. The molecule has 0 aromatic heterocycles. The molecule has 0 aliphatic heterocycles. The molecule has 0 saturated carbocycles. The molecule has 110 valence electrons. The normalized spacial score (nSPS) is 12.0. The van der Waals surface area contributed by atoms with Crippen LogP contribution in [0.25, 0.3) is 0 Å². The lowest BCUT2D eigenvalue weighted by Crippen LogP contribution is -1.96. The minimum atomic E-state index is -0.526. The number of nitro groups is 1. The van der Waals surface area contributed by atoms with Crippen LogP contribution in [-0.2, 0) is 0 Å². The number of rotatable bonds is 4. The van der Waals surface area contributed by atoms with Crippen molar-refractivity contribution in [1.82, 2.24) is 0 Å². The lowest BCUT2D eigenvalue weighted by atomic mass is 10.1. The Morgan fingerprint density at radius 3 is 2.29 bits per heavy atom. The molecule has 5 heteroatoms. The lowest BCUT2D eigenvalue weighted by Gasteiger charge is -2.11. The van der Waals surface area contributed by atoms with Crippen molar-refractivity contribution >= 4 is 5.69 Å². The van der Waals surface area contributed by atoms with Crippen LogP contribution in [0.4, 0.5) is 5.69 Å². The minimum Gasteiger partial charge on any atom is -0.457 e. The predicted molar refractivity (Wildman–Crippen MR) is 79.7 cm³/mol. The summed E-state index contributed by atoms with van der Waals surface area (Å²) < 4.78 is 5.76. The average Bonchev–Trinajstić information content (AvgIpc) is 2.42. The maximum atomic E-state index is 10.9. The van der Waals surface area contributed by atoms with Gasteiger partial charge in [0.05, 0.1) is 11.0 Å². The minimum absolute atomic E-state index is 0.0873. The summed E-state index contributed by atoms with van der Waals surface area (Å²) in [6.45, 7) is 5.15. The Morgan fingerprint density at radius 2 is 1.76 bits per heavy atom. The molecule has 1 atom stereocenters. The van der Waals surface area contributed by atoms with Gasteiger partial charge in [0, 0.05) is 11.6 Å². The van der Waals surface area contributed by atoms with E-state index in [1.807, 2.05) is 0 Å². The molecule has 2 aromatic carbocycles. The predicted octanol–water partition coefficient (Wildman–Crippen LogP) is 4.06. The van der Waals surface area contributed by atoms with Crippen molar-refractivity contribution in [1.29, 1.82) is 0 Å². The van der Waals surface area contributed by atoms with Crippen molar-refractivity contribution < 1.29 is 14.8 Å². The molecule has 5 nitrogen and oxygen atoms in total. The van der Waals surface area contributed by atoms with Crippen LogP contribution in [0.2, 0.25) is 0 Å². The van der Waals surface area contributed by atoms with Gasteiger partial charge in [0.2, 0.25) is 0 Å². The SMILES string of the molecule is Cc1cc([N+](=O)[O-])c(C)cc1Oc1ccc(C(C)O)cc1. The van der Waals surface area contributed by atoms with Crippen molar-refractivity contribution in [2.45, 2.75) is 26.9 Å². The number of hydrogen-bond donors (Lipinski definition) is 1. The Balaban J connectivity index is 2.27. The van der Waals surface area contributed by atoms with Gasteiger partial charge < -0.3 is 9.84 Å². The van der Waals surface area contributed by atoms with Crippen LogP contribution in [0.15, 0.2) is 36.4 Å². The molecule has 0 saturated heterocycles. The van der Waals surface area contributed by atoms with Gasteiger partial charge in [0.1, 0.15) is 11.5 Å². The quantitative estimate of drug-likeness (QED) is 0.680. The lowest BCUT2D eigenvalue weighted by molar-refractivity contribution is -0.385. The van der Waals surface area contributed by atoms with Gasteiger partial charge in [0.15, 0.2) is 0 Å². The van der Waals surface area contributed by atoms with E-state index in [1.165, 1.54) is 6.07 Å². The van der Waals surface area contributed by atoms with Crippen LogP contribution >= 0.6 is 0 Å². The fourth-order valence-electron chi connectivity index (χ4n) is 2.02. The molecular weight excluding hydrogens is 270 g/mol. The molecule has 21 heavy (non-hydrogen) atoms. The Hall–Kier alpha value is -2.40. The third kappa shape index (κ3) is 3.38. The standard InChI is InChI=1S/C16H17NO4/c1-10-9-16(11(2)8-15(10)17(19)20)21-14-6-4-13(5-7-14)12(3)18/h4-9,12,18H,1-3H3. The molecule has 1 N–H and O–H groups in total. The number of nitrogens with zero attached hydrogens (tertiary/aromatic N) is 1. The first-order valence-electron chi connectivity index (χ1n) is 6.60. The third-order valence-electron chi connectivity index (χ3n) is 3.28. The van der Waals surface area contributed by atoms with Crippen LogP contribution in [0, 0.1) is 24.0 Å². The second-order valence-electron chi connectivity index (χ2n) is 5.01. The largest absolute Gasteiger partial charge is 0.457 e. The zero-order chi connectivity index (χ0) is 15.6. The van der Waals surface area contributed by atoms with E-state index in [-0.39, 0.29) is 5.69 Å². The van der Waals surface area contributed by atoms with Crippen molar-refractivity contribution in [2.24, 2.45) is 0 Å². The highest BCUT2D eigenvalue weighted by Crippen LogP contribution is 2.31. The summed E-state index contributed by atoms with van der Waals surface area (Å²) in [4.78, 5) is 10.5. The van der Waals surface area contributed by atoms with E-state index in [4.69, 9.17) is 4.74 Å². The maximum absolute atomic E-state index is 10.9. The number of aryl methyl sites for hydroxylation is 2. The van der Waals surface area contributed by atoms with Gasteiger partial charge in [-0.3, -0.25) is 10.1 Å². The maximum Gasteiger partial charge on any atom is 0.272 e. The van der Waals surface area contributed by atoms with Crippen LogP contribution in [0.1, 0.15) is 29.7 Å². The van der Waals surface area contributed by atoms with Gasteiger partial charge in [0.25, 0.3) is 5.69 Å². The van der Waals surface area contributed by atoms with Crippen molar-refractivity contribution in [3.63, 3.8) is 0 Å². The zero-order valence-electron chi connectivity index (χ0n) is 12.2. The highest BCUT2D eigenvalue weighted by atomic mass is 16.6. The van der Waals surface area contributed by atoms with E-state index in [9.17, 15) is 15.2 Å². The second-order valence-corrected chi connectivity index (χ2v) is 5.01. The molecule has 2 rings (SSSR count). The first-order chi connectivity index (χ1) is 9.88. The number of benzene rings is 2. The summed E-state index contributed by atoms with van der Waals surface area (Å²) in [7, 11) is 0. The van der Waals surface area contributed by atoms with E-state index in [0.717, 1.165) is 5.56 Å². The average molecular weight is 287 g/mol. The van der Waals surface area contributed by atoms with Gasteiger partial charge in [-0.05, 0) is 50.1 Å². The Kier molecular flexibility index (Phi) is 4.23. The summed E-state index contributed by atoms with van der Waals surface area (Å²) in [5, 5.41) is 20.3. The van der Waals surface area contributed by atoms with E-state index < -0.39 is 11.0 Å². The highest BCUT2D eigenvalue weighted by molar-refractivity contribution is 5.50. The molecule has 0 bridgehead atoms. The van der Waals surface area contributed by atoms with Crippen molar-refractivity contribution in [3.05, 3.63) is 63.2 Å². The van der Waals surface area contributed by atoms with E-state index in [0.29, 0.717) is 22.6 Å². The van der Waals surface area contributed by atoms with E-state index >= 15 is 0 Å². The first-order valence-corrected chi connectivity index (χ1v) is 6.60. The van der Waals surface area contributed by atoms with Gasteiger partial charge in [-0.15, -0.1) is 0 Å². The molecule has 0 spiro atoms. The second kappa shape index (κ2) is 5.93. The number of hydrogen-bond acceptors (Lipinski definition) is 4. The Labute approximate surface area is 123 Å². The zero-order valence-corrected chi connectivity index (χ0v) is 12.2. The van der Waals surface area contributed by atoms with Gasteiger partial charge in [-0.2, -0.15) is 0 Å². The molecular formula is C16H17NO4. The van der Waals surface area contributed by atoms with Crippen molar-refractivity contribution in [2.75, 3.05) is 0 Å². The first kappa shape index (κ1) is 15.0. The highest BCUT2D eigenvalue weighted by Gasteiger charge is 2.14. The van der Waals surface area contributed by atoms with E-state index in [1.54, 1.807) is 51.1 Å². The molecule has 0 aliphatic rings. The van der Waals surface area contributed by atoms with E-state index in [2.05, 4.69) is 0 Å². The van der Waals surface area contributed by atoms with Crippen LogP contribution in [-0.4, -0.2) is 10.0 Å². The number of aliphatic hydroxyl groups excluding tert-OH is 1. The third-order valence-corrected chi connectivity index (χ3v) is 3.28. The number of nitro benzene ring substituents is 1. The number of ether oxygens (including phenoxy) is 1. The Morgan fingerprint density at radius 1 is 1.14 bits per heavy atom. The summed E-state index contributed by atoms with van der Waals surface area (Å²) in [5.74, 6) is 1.21. The van der Waals surface area contributed by atoms with Crippen LogP contribution < -0.4 is 4.74 Å². The van der Waals surface area contributed by atoms with Gasteiger partial charge in [-0.1, -0.05) is 12.1 Å². The number of aliphatic hydroxyl groups is 1. The fourth-order valence-corrected chi connectivity index (χ4v) is 2.02. The van der Waals surface area contributed by atoms with Gasteiger partial charge >= 0.3 is 0 Å². The Bertz CT molecular complexity index is 663. The topological polar surface area (TPSA) is 72.6 Å². The van der Waals surface area contributed by atoms with Crippen LogP contribution in [0.5, 0.6) is 11.5 Å². The molecule has 0 aliphatic carbocycles. The molecule has 0 fully saturated rings. The van der Waals surface area contributed by atoms with Crippen molar-refractivity contribution in [3.8, 4) is 11.5 Å². The van der Waals surface area contributed by atoms with Gasteiger partial charge in [-0.25, -0.2) is 0 Å².